The van der Waals surface area contributed by atoms with Gasteiger partial charge in [0.1, 0.15) is 0 Å². The topological polar surface area (TPSA) is 66.6 Å². The maximum Gasteiger partial charge on any atom is 0.304 e. The van der Waals surface area contributed by atoms with Gasteiger partial charge in [0.2, 0.25) is 0 Å². The molecule has 0 spiro atoms. The number of aliphatic carboxylic acids is 1. The van der Waals surface area contributed by atoms with E-state index in [1.165, 1.54) is 6.42 Å². The molecule has 2 saturated heterocycles. The lowest BCUT2D eigenvalue weighted by Crippen LogP contribution is -2.63. The van der Waals surface area contributed by atoms with Gasteiger partial charge in [-0.05, 0) is 25.2 Å². The highest BCUT2D eigenvalue weighted by molar-refractivity contribution is 5.67. The first kappa shape index (κ1) is 9.93. The van der Waals surface area contributed by atoms with Crippen LogP contribution in [-0.2, 0) is 4.79 Å². The first-order valence-corrected chi connectivity index (χ1v) is 5.29. The molecule has 1 saturated carbocycles. The molecule has 3 unspecified atom stereocenters. The van der Waals surface area contributed by atoms with Crippen LogP contribution in [0.4, 0.5) is 0 Å². The Labute approximate surface area is 84.1 Å². The predicted molar refractivity (Wildman–Crippen MR) is 52.9 cm³/mol. The van der Waals surface area contributed by atoms with E-state index in [9.17, 15) is 4.79 Å². The van der Waals surface area contributed by atoms with Gasteiger partial charge in [0.05, 0.1) is 6.42 Å². The number of nitrogens with zero attached hydrogens (tertiary/aromatic N) is 1. The maximum atomic E-state index is 10.6. The summed E-state index contributed by atoms with van der Waals surface area (Å²) in [4.78, 5) is 12.8. The number of hydrogen-bond donors (Lipinski definition) is 2. The third-order valence-corrected chi connectivity index (χ3v) is 3.73. The van der Waals surface area contributed by atoms with Gasteiger partial charge in [0, 0.05) is 25.2 Å². The van der Waals surface area contributed by atoms with Gasteiger partial charge in [-0.2, -0.15) is 0 Å². The van der Waals surface area contributed by atoms with Crippen LogP contribution in [0.3, 0.4) is 0 Å². The molecule has 2 heterocycles. The number of rotatable bonds is 3. The summed E-state index contributed by atoms with van der Waals surface area (Å²) in [6.07, 6.45) is 1.49. The largest absolute Gasteiger partial charge is 0.481 e. The van der Waals surface area contributed by atoms with Crippen molar-refractivity contribution < 1.29 is 9.90 Å². The summed E-state index contributed by atoms with van der Waals surface area (Å²) in [7, 11) is 0. The Kier molecular flexibility index (Phi) is 2.49. The van der Waals surface area contributed by atoms with Crippen LogP contribution in [0.2, 0.25) is 0 Å². The van der Waals surface area contributed by atoms with E-state index in [4.69, 9.17) is 10.8 Å². The van der Waals surface area contributed by atoms with Crippen molar-refractivity contribution in [3.8, 4) is 0 Å². The van der Waals surface area contributed by atoms with Crippen molar-refractivity contribution in [1.82, 2.24) is 4.90 Å². The zero-order valence-electron chi connectivity index (χ0n) is 8.52. The van der Waals surface area contributed by atoms with Gasteiger partial charge in [0.25, 0.3) is 0 Å². The van der Waals surface area contributed by atoms with E-state index >= 15 is 0 Å². The van der Waals surface area contributed by atoms with Crippen molar-refractivity contribution in [3.63, 3.8) is 0 Å². The number of fused-ring (bicyclic) bond motifs is 2. The van der Waals surface area contributed by atoms with Crippen LogP contribution in [0.25, 0.3) is 0 Å². The summed E-state index contributed by atoms with van der Waals surface area (Å²) in [6, 6.07) is 0.536. The van der Waals surface area contributed by atoms with Crippen LogP contribution in [0.1, 0.15) is 19.8 Å². The van der Waals surface area contributed by atoms with Gasteiger partial charge in [-0.3, -0.25) is 9.69 Å². The Balaban J connectivity index is 1.86. The lowest BCUT2D eigenvalue weighted by Gasteiger charge is -2.53. The molecule has 80 valence electrons. The van der Waals surface area contributed by atoms with Crippen molar-refractivity contribution in [1.29, 1.82) is 0 Å². The molecule has 4 nitrogen and oxygen atoms in total. The number of hydrogen-bond acceptors (Lipinski definition) is 3. The molecule has 3 atom stereocenters. The van der Waals surface area contributed by atoms with Crippen molar-refractivity contribution in [2.45, 2.75) is 31.8 Å². The van der Waals surface area contributed by atoms with E-state index in [-0.39, 0.29) is 12.5 Å². The first-order chi connectivity index (χ1) is 6.58. The summed E-state index contributed by atoms with van der Waals surface area (Å²) >= 11 is 0. The molecule has 4 heteroatoms. The van der Waals surface area contributed by atoms with Gasteiger partial charge >= 0.3 is 5.97 Å². The Hall–Kier alpha value is -0.610. The second kappa shape index (κ2) is 3.51. The molecule has 3 N–H and O–H groups in total. The smallest absolute Gasteiger partial charge is 0.304 e. The molecular weight excluding hydrogens is 180 g/mol. The van der Waals surface area contributed by atoms with Crippen LogP contribution in [0, 0.1) is 11.8 Å². The monoisotopic (exact) mass is 198 g/mol. The zero-order chi connectivity index (χ0) is 10.3. The molecule has 0 aromatic heterocycles. The molecule has 0 aromatic rings. The quantitative estimate of drug-likeness (QED) is 0.676. The minimum absolute atomic E-state index is 0.158. The lowest BCUT2D eigenvalue weighted by molar-refractivity contribution is -0.139. The van der Waals surface area contributed by atoms with Gasteiger partial charge in [-0.25, -0.2) is 0 Å². The Morgan fingerprint density at radius 3 is 2.57 bits per heavy atom. The normalized spacial score (nSPS) is 38.9. The van der Waals surface area contributed by atoms with E-state index in [0.717, 1.165) is 13.1 Å². The van der Waals surface area contributed by atoms with Crippen LogP contribution >= 0.6 is 0 Å². The highest BCUT2D eigenvalue weighted by Gasteiger charge is 2.45. The fraction of sp³-hybridized carbons (Fsp3) is 0.900. The Morgan fingerprint density at radius 2 is 2.14 bits per heavy atom. The van der Waals surface area contributed by atoms with E-state index in [2.05, 4.69) is 4.90 Å². The average Bonchev–Trinajstić information content (AvgIpc) is 2.16. The number of carbonyl (C=O) groups is 1. The van der Waals surface area contributed by atoms with Crippen LogP contribution in [-0.4, -0.2) is 41.1 Å². The molecule has 3 fully saturated rings. The zero-order valence-corrected chi connectivity index (χ0v) is 8.52. The molecular formula is C10H18N2O2. The minimum atomic E-state index is -0.707. The van der Waals surface area contributed by atoms with Crippen molar-refractivity contribution in [2.75, 3.05) is 13.1 Å². The van der Waals surface area contributed by atoms with Gasteiger partial charge in [-0.1, -0.05) is 0 Å². The molecule has 2 aliphatic heterocycles. The summed E-state index contributed by atoms with van der Waals surface area (Å²) in [5.41, 5.74) is 5.95. The summed E-state index contributed by atoms with van der Waals surface area (Å²) in [6.45, 7) is 3.97. The van der Waals surface area contributed by atoms with Crippen molar-refractivity contribution in [2.24, 2.45) is 17.6 Å². The molecule has 2 bridgehead atoms. The molecule has 1 aliphatic carbocycles. The Morgan fingerprint density at radius 1 is 1.57 bits per heavy atom. The van der Waals surface area contributed by atoms with Gasteiger partial charge in [0.15, 0.2) is 0 Å². The molecule has 0 amide bonds. The second-order valence-electron chi connectivity index (χ2n) is 4.73. The van der Waals surface area contributed by atoms with Gasteiger partial charge in [-0.15, -0.1) is 0 Å². The van der Waals surface area contributed by atoms with E-state index in [1.54, 1.807) is 0 Å². The number of piperidine rings is 2. The first-order valence-electron chi connectivity index (χ1n) is 5.29. The molecule has 3 aliphatic rings. The predicted octanol–water partition coefficient (Wildman–Crippen LogP) is 0.129. The summed E-state index contributed by atoms with van der Waals surface area (Å²) in [5.74, 6) is 0.524. The van der Waals surface area contributed by atoms with Crippen molar-refractivity contribution in [3.05, 3.63) is 0 Å². The summed E-state index contributed by atoms with van der Waals surface area (Å²) < 4.78 is 0. The highest BCUT2D eigenvalue weighted by atomic mass is 16.4. The van der Waals surface area contributed by atoms with E-state index in [1.807, 2.05) is 6.92 Å². The van der Waals surface area contributed by atoms with E-state index in [0.29, 0.717) is 17.9 Å². The second-order valence-corrected chi connectivity index (χ2v) is 4.73. The third kappa shape index (κ3) is 1.64. The van der Waals surface area contributed by atoms with Crippen LogP contribution < -0.4 is 5.73 Å². The SMILES string of the molecule is CC(CC(=O)O)N1CC2CC(C1)C2N. The van der Waals surface area contributed by atoms with Crippen LogP contribution in [0.15, 0.2) is 0 Å². The number of carboxylic acids is 1. The maximum absolute atomic E-state index is 10.6. The third-order valence-electron chi connectivity index (χ3n) is 3.73. The lowest BCUT2D eigenvalue weighted by atomic mass is 9.66. The minimum Gasteiger partial charge on any atom is -0.481 e. The molecule has 0 aromatic carbocycles. The number of nitrogens with two attached hydrogens (primary N) is 1. The summed E-state index contributed by atoms with van der Waals surface area (Å²) in [5, 5.41) is 8.69. The molecule has 14 heavy (non-hydrogen) atoms. The highest BCUT2D eigenvalue weighted by Crippen LogP contribution is 2.39. The standard InChI is InChI=1S/C10H18N2O2/c1-6(2-9(13)14)12-4-7-3-8(5-12)10(7)11/h6-8,10H,2-5,11H2,1H3,(H,13,14). The molecule has 0 radical (unpaired) electrons. The van der Waals surface area contributed by atoms with Gasteiger partial charge < -0.3 is 10.8 Å². The average molecular weight is 198 g/mol. The fourth-order valence-electron chi connectivity index (χ4n) is 2.70. The fourth-order valence-corrected chi connectivity index (χ4v) is 2.70. The molecule has 3 rings (SSSR count). The van der Waals surface area contributed by atoms with E-state index < -0.39 is 5.97 Å². The van der Waals surface area contributed by atoms with Crippen molar-refractivity contribution >= 4 is 5.97 Å². The Bertz CT molecular complexity index is 232. The number of carboxylic acid groups (broad SMARTS) is 1. The van der Waals surface area contributed by atoms with Crippen LogP contribution in [0.5, 0.6) is 0 Å².